The summed E-state index contributed by atoms with van der Waals surface area (Å²) in [6.07, 6.45) is 3.59. The summed E-state index contributed by atoms with van der Waals surface area (Å²) in [5, 5.41) is 13.1. The van der Waals surface area contributed by atoms with Crippen molar-refractivity contribution in [3.05, 3.63) is 58.9 Å². The number of benzene rings is 1. The first-order chi connectivity index (χ1) is 8.66. The number of aromatic nitrogens is 1. The zero-order chi connectivity index (χ0) is 13.0. The number of aromatic hydroxyl groups is 1. The van der Waals surface area contributed by atoms with Gasteiger partial charge < -0.3 is 10.4 Å². The molecule has 0 atom stereocenters. The largest absolute Gasteiger partial charge is 0.507 e. The molecule has 3 heteroatoms. The molecule has 0 aliphatic rings. The van der Waals surface area contributed by atoms with Gasteiger partial charge in [0.1, 0.15) is 5.75 Å². The molecule has 1 heterocycles. The predicted octanol–water partition coefficient (Wildman–Crippen LogP) is 2.69. The van der Waals surface area contributed by atoms with Crippen molar-refractivity contribution >= 4 is 0 Å². The van der Waals surface area contributed by atoms with Crippen molar-refractivity contribution in [1.29, 1.82) is 0 Å². The van der Waals surface area contributed by atoms with Gasteiger partial charge in [0.2, 0.25) is 0 Å². The van der Waals surface area contributed by atoms with Crippen LogP contribution >= 0.6 is 0 Å². The third-order valence-corrected chi connectivity index (χ3v) is 2.96. The highest BCUT2D eigenvalue weighted by Crippen LogP contribution is 2.22. The van der Waals surface area contributed by atoms with E-state index >= 15 is 0 Å². The highest BCUT2D eigenvalue weighted by Gasteiger charge is 2.03. The molecule has 0 aliphatic heterocycles. The zero-order valence-electron chi connectivity index (χ0n) is 10.8. The van der Waals surface area contributed by atoms with E-state index in [1.165, 1.54) is 11.1 Å². The second kappa shape index (κ2) is 5.65. The maximum absolute atomic E-state index is 9.71. The van der Waals surface area contributed by atoms with Crippen LogP contribution in [-0.2, 0) is 13.1 Å². The van der Waals surface area contributed by atoms with Gasteiger partial charge in [0.15, 0.2) is 0 Å². The molecule has 0 saturated heterocycles. The van der Waals surface area contributed by atoms with Crippen LogP contribution in [0, 0.1) is 13.8 Å². The number of nitrogens with zero attached hydrogens (tertiary/aromatic N) is 1. The quantitative estimate of drug-likeness (QED) is 0.866. The Morgan fingerprint density at radius 1 is 1.00 bits per heavy atom. The fraction of sp³-hybridized carbons (Fsp3) is 0.267. The van der Waals surface area contributed by atoms with Crippen molar-refractivity contribution < 1.29 is 5.11 Å². The zero-order valence-corrected chi connectivity index (χ0v) is 10.8. The Kier molecular flexibility index (Phi) is 3.95. The Bertz CT molecular complexity index is 500. The third kappa shape index (κ3) is 3.08. The molecule has 94 valence electrons. The molecule has 1 aromatic carbocycles. The third-order valence-electron chi connectivity index (χ3n) is 2.96. The van der Waals surface area contributed by atoms with Gasteiger partial charge in [0.25, 0.3) is 0 Å². The maximum Gasteiger partial charge on any atom is 0.121 e. The lowest BCUT2D eigenvalue weighted by atomic mass is 10.1. The first-order valence-electron chi connectivity index (χ1n) is 6.05. The molecule has 0 unspecified atom stereocenters. The summed E-state index contributed by atoms with van der Waals surface area (Å²) < 4.78 is 0. The Morgan fingerprint density at radius 2 is 1.56 bits per heavy atom. The average molecular weight is 242 g/mol. The monoisotopic (exact) mass is 242 g/mol. The number of hydrogen-bond donors (Lipinski definition) is 2. The molecule has 0 bridgehead atoms. The number of rotatable bonds is 4. The lowest BCUT2D eigenvalue weighted by Crippen LogP contribution is -2.12. The summed E-state index contributed by atoms with van der Waals surface area (Å²) in [4.78, 5) is 3.99. The lowest BCUT2D eigenvalue weighted by molar-refractivity contribution is 0.466. The van der Waals surface area contributed by atoms with Crippen LogP contribution in [0.5, 0.6) is 5.75 Å². The molecular formula is C15H18N2O. The molecule has 0 amide bonds. The minimum atomic E-state index is 0.396. The van der Waals surface area contributed by atoms with Crippen LogP contribution in [-0.4, -0.2) is 10.1 Å². The number of phenols is 1. The first kappa shape index (κ1) is 12.6. The Labute approximate surface area is 108 Å². The Morgan fingerprint density at radius 3 is 2.17 bits per heavy atom. The Balaban J connectivity index is 1.95. The fourth-order valence-corrected chi connectivity index (χ4v) is 2.00. The minimum absolute atomic E-state index is 0.396. The van der Waals surface area contributed by atoms with Gasteiger partial charge >= 0.3 is 0 Å². The topological polar surface area (TPSA) is 45.2 Å². The van der Waals surface area contributed by atoms with E-state index < -0.39 is 0 Å². The average Bonchev–Trinajstić information content (AvgIpc) is 2.37. The van der Waals surface area contributed by atoms with E-state index in [9.17, 15) is 5.11 Å². The van der Waals surface area contributed by atoms with E-state index in [-0.39, 0.29) is 0 Å². The standard InChI is InChI=1S/C15H18N2O/c1-11-7-14(8-12(2)15(11)18)10-17-9-13-3-5-16-6-4-13/h3-8,17-18H,9-10H2,1-2H3. The van der Waals surface area contributed by atoms with E-state index in [1.807, 2.05) is 38.1 Å². The minimum Gasteiger partial charge on any atom is -0.507 e. The first-order valence-corrected chi connectivity index (χ1v) is 6.05. The summed E-state index contributed by atoms with van der Waals surface area (Å²) in [5.41, 5.74) is 4.26. The van der Waals surface area contributed by atoms with Crippen LogP contribution in [0.2, 0.25) is 0 Å². The van der Waals surface area contributed by atoms with Gasteiger partial charge in [-0.25, -0.2) is 0 Å². The number of phenolic OH excluding ortho intramolecular Hbond substituents is 1. The van der Waals surface area contributed by atoms with Gasteiger partial charge in [0, 0.05) is 25.5 Å². The summed E-state index contributed by atoms with van der Waals surface area (Å²) >= 11 is 0. The van der Waals surface area contributed by atoms with Crippen LogP contribution < -0.4 is 5.32 Å². The van der Waals surface area contributed by atoms with Crippen LogP contribution in [0.25, 0.3) is 0 Å². The van der Waals surface area contributed by atoms with Crippen molar-refractivity contribution in [3.8, 4) is 5.75 Å². The molecule has 2 aromatic rings. The molecule has 0 radical (unpaired) electrons. The van der Waals surface area contributed by atoms with Crippen molar-refractivity contribution in [2.75, 3.05) is 0 Å². The maximum atomic E-state index is 9.71. The van der Waals surface area contributed by atoms with E-state index in [0.29, 0.717) is 5.75 Å². The number of nitrogens with one attached hydrogen (secondary N) is 1. The SMILES string of the molecule is Cc1cc(CNCc2ccncc2)cc(C)c1O. The lowest BCUT2D eigenvalue weighted by Gasteiger charge is -2.09. The Hall–Kier alpha value is -1.87. The highest BCUT2D eigenvalue weighted by atomic mass is 16.3. The molecule has 0 fully saturated rings. The summed E-state index contributed by atoms with van der Waals surface area (Å²) in [6, 6.07) is 8.03. The number of aryl methyl sites for hydroxylation is 2. The molecule has 2 N–H and O–H groups in total. The van der Waals surface area contributed by atoms with E-state index in [4.69, 9.17) is 0 Å². The van der Waals surface area contributed by atoms with Gasteiger partial charge in [-0.2, -0.15) is 0 Å². The summed E-state index contributed by atoms with van der Waals surface area (Å²) in [7, 11) is 0. The van der Waals surface area contributed by atoms with Crippen LogP contribution in [0.15, 0.2) is 36.7 Å². The molecular weight excluding hydrogens is 224 g/mol. The fourth-order valence-electron chi connectivity index (χ4n) is 2.00. The van der Waals surface area contributed by atoms with Gasteiger partial charge in [-0.05, 0) is 48.2 Å². The smallest absolute Gasteiger partial charge is 0.121 e. The second-order valence-electron chi connectivity index (χ2n) is 4.54. The molecule has 0 saturated carbocycles. The highest BCUT2D eigenvalue weighted by molar-refractivity contribution is 5.42. The molecule has 3 nitrogen and oxygen atoms in total. The van der Waals surface area contributed by atoms with Gasteiger partial charge in [-0.15, -0.1) is 0 Å². The van der Waals surface area contributed by atoms with Crippen LogP contribution in [0.4, 0.5) is 0 Å². The van der Waals surface area contributed by atoms with Gasteiger partial charge in [-0.1, -0.05) is 12.1 Å². The van der Waals surface area contributed by atoms with Crippen LogP contribution in [0.3, 0.4) is 0 Å². The number of pyridine rings is 1. The molecule has 0 spiro atoms. The van der Waals surface area contributed by atoms with Crippen molar-refractivity contribution in [2.45, 2.75) is 26.9 Å². The summed E-state index contributed by atoms with van der Waals surface area (Å²) in [6.45, 7) is 5.47. The van der Waals surface area contributed by atoms with Gasteiger partial charge in [0.05, 0.1) is 0 Å². The molecule has 2 rings (SSSR count). The van der Waals surface area contributed by atoms with E-state index in [1.54, 1.807) is 12.4 Å². The summed E-state index contributed by atoms with van der Waals surface area (Å²) in [5.74, 6) is 0.396. The van der Waals surface area contributed by atoms with Crippen molar-refractivity contribution in [2.24, 2.45) is 0 Å². The van der Waals surface area contributed by atoms with E-state index in [2.05, 4.69) is 10.3 Å². The van der Waals surface area contributed by atoms with Gasteiger partial charge in [-0.3, -0.25) is 4.98 Å². The molecule has 18 heavy (non-hydrogen) atoms. The second-order valence-corrected chi connectivity index (χ2v) is 4.54. The predicted molar refractivity (Wildman–Crippen MR) is 72.4 cm³/mol. The van der Waals surface area contributed by atoms with Crippen molar-refractivity contribution in [3.63, 3.8) is 0 Å². The van der Waals surface area contributed by atoms with Crippen LogP contribution in [0.1, 0.15) is 22.3 Å². The molecule has 0 aliphatic carbocycles. The van der Waals surface area contributed by atoms with Crippen molar-refractivity contribution in [1.82, 2.24) is 10.3 Å². The normalized spacial score (nSPS) is 10.6. The van der Waals surface area contributed by atoms with E-state index in [0.717, 1.165) is 24.2 Å². The number of hydrogen-bond acceptors (Lipinski definition) is 3. The molecule has 1 aromatic heterocycles.